The summed E-state index contributed by atoms with van der Waals surface area (Å²) in [6.07, 6.45) is 4.84. The Balaban J connectivity index is 1.67. The molecule has 124 valence electrons. The van der Waals surface area contributed by atoms with Crippen molar-refractivity contribution in [3.8, 4) is 11.5 Å². The molecule has 1 aliphatic heterocycles. The molecule has 0 radical (unpaired) electrons. The van der Waals surface area contributed by atoms with Gasteiger partial charge in [-0.3, -0.25) is 9.78 Å². The molecule has 0 fully saturated rings. The van der Waals surface area contributed by atoms with E-state index in [9.17, 15) is 4.79 Å². The molecule has 1 amide bonds. The van der Waals surface area contributed by atoms with Gasteiger partial charge in [0, 0.05) is 12.3 Å². The molecule has 24 heavy (non-hydrogen) atoms. The standard InChI is InChI=1S/C18H17ClN2O3/c1-12(15-4-2-3-7-20-15)21-17(22)6-5-13-10-14(19)18-16(11-13)23-8-9-24-18/h2-7,10-12H,8-9H2,1H3,(H,21,22)/b6-5+. The number of fused-ring (bicyclic) bond motifs is 1. The van der Waals surface area contributed by atoms with Gasteiger partial charge in [-0.1, -0.05) is 17.7 Å². The highest BCUT2D eigenvalue weighted by Crippen LogP contribution is 2.38. The van der Waals surface area contributed by atoms with Gasteiger partial charge in [0.2, 0.25) is 5.91 Å². The molecule has 1 N–H and O–H groups in total. The number of hydrogen-bond donors (Lipinski definition) is 1. The summed E-state index contributed by atoms with van der Waals surface area (Å²) in [6, 6.07) is 8.96. The summed E-state index contributed by atoms with van der Waals surface area (Å²) in [6.45, 7) is 2.85. The maximum Gasteiger partial charge on any atom is 0.244 e. The number of carbonyl (C=O) groups excluding carboxylic acids is 1. The van der Waals surface area contributed by atoms with Crippen LogP contribution in [0.1, 0.15) is 24.2 Å². The molecule has 0 saturated heterocycles. The minimum absolute atomic E-state index is 0.174. The van der Waals surface area contributed by atoms with E-state index in [1.54, 1.807) is 24.4 Å². The highest BCUT2D eigenvalue weighted by molar-refractivity contribution is 6.32. The van der Waals surface area contributed by atoms with Crippen molar-refractivity contribution < 1.29 is 14.3 Å². The maximum atomic E-state index is 12.1. The molecule has 6 heteroatoms. The summed E-state index contributed by atoms with van der Waals surface area (Å²) in [5, 5.41) is 3.33. The van der Waals surface area contributed by atoms with E-state index < -0.39 is 0 Å². The van der Waals surface area contributed by atoms with E-state index in [0.717, 1.165) is 11.3 Å². The Kier molecular flexibility index (Phi) is 5.01. The number of ether oxygens (including phenoxy) is 2. The molecule has 0 aliphatic carbocycles. The van der Waals surface area contributed by atoms with Crippen LogP contribution in [0, 0.1) is 0 Å². The third-order valence-corrected chi connectivity index (χ3v) is 3.82. The van der Waals surface area contributed by atoms with Gasteiger partial charge in [-0.15, -0.1) is 0 Å². The van der Waals surface area contributed by atoms with E-state index >= 15 is 0 Å². The average Bonchev–Trinajstić information content (AvgIpc) is 2.61. The number of amides is 1. The molecule has 5 nitrogen and oxygen atoms in total. The molecule has 1 aliphatic rings. The highest BCUT2D eigenvalue weighted by atomic mass is 35.5. The number of hydrogen-bond acceptors (Lipinski definition) is 4. The summed E-state index contributed by atoms with van der Waals surface area (Å²) in [5.74, 6) is 0.933. The third kappa shape index (κ3) is 3.86. The van der Waals surface area contributed by atoms with Crippen LogP contribution >= 0.6 is 11.6 Å². The van der Waals surface area contributed by atoms with Crippen LogP contribution in [0.5, 0.6) is 11.5 Å². The van der Waals surface area contributed by atoms with Crippen molar-refractivity contribution in [3.63, 3.8) is 0 Å². The van der Waals surface area contributed by atoms with Crippen LogP contribution in [-0.4, -0.2) is 24.1 Å². The van der Waals surface area contributed by atoms with Gasteiger partial charge in [0.05, 0.1) is 16.8 Å². The SMILES string of the molecule is CC(NC(=O)/C=C/c1cc(Cl)c2c(c1)OCCO2)c1ccccn1. The Hall–Kier alpha value is -2.53. The fourth-order valence-electron chi connectivity index (χ4n) is 2.37. The smallest absolute Gasteiger partial charge is 0.244 e. The van der Waals surface area contributed by atoms with E-state index in [1.807, 2.05) is 25.1 Å². The predicted octanol–water partition coefficient (Wildman–Crippen LogP) is 3.40. The minimum Gasteiger partial charge on any atom is -0.486 e. The molecular weight excluding hydrogens is 328 g/mol. The van der Waals surface area contributed by atoms with Gasteiger partial charge >= 0.3 is 0 Å². The van der Waals surface area contributed by atoms with Gasteiger partial charge in [-0.2, -0.15) is 0 Å². The number of nitrogens with one attached hydrogen (secondary N) is 1. The van der Waals surface area contributed by atoms with E-state index in [1.165, 1.54) is 6.08 Å². The third-order valence-electron chi connectivity index (χ3n) is 3.54. The summed E-state index contributed by atoms with van der Waals surface area (Å²) in [5.41, 5.74) is 1.58. The number of aromatic nitrogens is 1. The van der Waals surface area contributed by atoms with Gasteiger partial charge in [0.25, 0.3) is 0 Å². The van der Waals surface area contributed by atoms with E-state index in [0.29, 0.717) is 29.7 Å². The lowest BCUT2D eigenvalue weighted by atomic mass is 10.1. The molecule has 2 aromatic rings. The number of rotatable bonds is 4. The van der Waals surface area contributed by atoms with Crippen molar-refractivity contribution in [2.75, 3.05) is 13.2 Å². The second kappa shape index (κ2) is 7.36. The van der Waals surface area contributed by atoms with Gasteiger partial charge in [-0.05, 0) is 42.8 Å². The lowest BCUT2D eigenvalue weighted by Crippen LogP contribution is -2.25. The summed E-state index contributed by atoms with van der Waals surface area (Å²) in [4.78, 5) is 16.3. The molecule has 3 rings (SSSR count). The van der Waals surface area contributed by atoms with Crippen molar-refractivity contribution >= 4 is 23.6 Å². The number of nitrogens with zero attached hydrogens (tertiary/aromatic N) is 1. The van der Waals surface area contributed by atoms with Crippen LogP contribution in [0.25, 0.3) is 6.08 Å². The van der Waals surface area contributed by atoms with Crippen LogP contribution in [0.3, 0.4) is 0 Å². The molecule has 1 aromatic heterocycles. The molecule has 1 unspecified atom stereocenters. The van der Waals surface area contributed by atoms with E-state index in [2.05, 4.69) is 10.3 Å². The fraction of sp³-hybridized carbons (Fsp3) is 0.222. The first-order valence-corrected chi connectivity index (χ1v) is 8.00. The zero-order valence-electron chi connectivity index (χ0n) is 13.2. The summed E-state index contributed by atoms with van der Waals surface area (Å²) < 4.78 is 11.0. The molecule has 0 bridgehead atoms. The zero-order valence-corrected chi connectivity index (χ0v) is 13.9. The number of benzene rings is 1. The Labute approximate surface area is 145 Å². The quantitative estimate of drug-likeness (QED) is 0.864. The van der Waals surface area contributed by atoms with Crippen molar-refractivity contribution in [2.24, 2.45) is 0 Å². The highest BCUT2D eigenvalue weighted by Gasteiger charge is 2.16. The largest absolute Gasteiger partial charge is 0.486 e. The monoisotopic (exact) mass is 344 g/mol. The first-order valence-electron chi connectivity index (χ1n) is 7.62. The van der Waals surface area contributed by atoms with Gasteiger partial charge < -0.3 is 14.8 Å². The van der Waals surface area contributed by atoms with E-state index in [-0.39, 0.29) is 11.9 Å². The Bertz CT molecular complexity index is 762. The Morgan fingerprint density at radius 2 is 2.17 bits per heavy atom. The van der Waals surface area contributed by atoms with Crippen molar-refractivity contribution in [2.45, 2.75) is 13.0 Å². The van der Waals surface area contributed by atoms with Crippen LogP contribution in [0.15, 0.2) is 42.6 Å². The first-order chi connectivity index (χ1) is 11.6. The molecule has 2 heterocycles. The second-order valence-electron chi connectivity index (χ2n) is 5.35. The number of halogens is 1. The summed E-state index contributed by atoms with van der Waals surface area (Å²) in [7, 11) is 0. The topological polar surface area (TPSA) is 60.5 Å². The Morgan fingerprint density at radius 1 is 1.33 bits per heavy atom. The molecule has 0 saturated carbocycles. The number of carbonyl (C=O) groups is 1. The first kappa shape index (κ1) is 16.3. The van der Waals surface area contributed by atoms with Crippen LogP contribution < -0.4 is 14.8 Å². The predicted molar refractivity (Wildman–Crippen MR) is 92.3 cm³/mol. The fourth-order valence-corrected chi connectivity index (χ4v) is 2.64. The normalized spacial score (nSPS) is 14.4. The lowest BCUT2D eigenvalue weighted by molar-refractivity contribution is -0.117. The van der Waals surface area contributed by atoms with Crippen LogP contribution in [0.2, 0.25) is 5.02 Å². The molecule has 1 aromatic carbocycles. The molecule has 1 atom stereocenters. The minimum atomic E-state index is -0.209. The van der Waals surface area contributed by atoms with Crippen molar-refractivity contribution in [3.05, 3.63) is 58.9 Å². The van der Waals surface area contributed by atoms with Gasteiger partial charge in [0.1, 0.15) is 13.2 Å². The maximum absolute atomic E-state index is 12.1. The van der Waals surface area contributed by atoms with Gasteiger partial charge in [0.15, 0.2) is 11.5 Å². The van der Waals surface area contributed by atoms with Gasteiger partial charge in [-0.25, -0.2) is 0 Å². The summed E-state index contributed by atoms with van der Waals surface area (Å²) >= 11 is 6.18. The van der Waals surface area contributed by atoms with Crippen molar-refractivity contribution in [1.29, 1.82) is 0 Å². The second-order valence-corrected chi connectivity index (χ2v) is 5.75. The molecular formula is C18H17ClN2O3. The number of pyridine rings is 1. The van der Waals surface area contributed by atoms with E-state index in [4.69, 9.17) is 21.1 Å². The Morgan fingerprint density at radius 3 is 2.96 bits per heavy atom. The average molecular weight is 345 g/mol. The molecule has 0 spiro atoms. The van der Waals surface area contributed by atoms with Crippen molar-refractivity contribution in [1.82, 2.24) is 10.3 Å². The lowest BCUT2D eigenvalue weighted by Gasteiger charge is -2.19. The van der Waals surface area contributed by atoms with Crippen LogP contribution in [-0.2, 0) is 4.79 Å². The zero-order chi connectivity index (χ0) is 16.9. The van der Waals surface area contributed by atoms with Crippen LogP contribution in [0.4, 0.5) is 0 Å².